The molecule has 1 N–H and O–H groups in total. The number of anilines is 1. The fourth-order valence-electron chi connectivity index (χ4n) is 1.68. The van der Waals surface area contributed by atoms with Gasteiger partial charge in [0.25, 0.3) is 0 Å². The van der Waals surface area contributed by atoms with E-state index in [1.165, 1.54) is 6.07 Å². The van der Waals surface area contributed by atoms with E-state index < -0.39 is 0 Å². The van der Waals surface area contributed by atoms with Crippen LogP contribution < -0.4 is 5.32 Å². The van der Waals surface area contributed by atoms with Crippen molar-refractivity contribution in [1.29, 1.82) is 0 Å². The largest absolute Gasteiger partial charge is 0.382 e. The van der Waals surface area contributed by atoms with Crippen molar-refractivity contribution in [3.05, 3.63) is 28.0 Å². The van der Waals surface area contributed by atoms with E-state index in [9.17, 15) is 4.39 Å². The third-order valence-electron chi connectivity index (χ3n) is 2.39. The highest BCUT2D eigenvalue weighted by Gasteiger charge is 2.17. The molecule has 0 saturated carbocycles. The molecule has 1 aliphatic heterocycles. The van der Waals surface area contributed by atoms with E-state index in [4.69, 9.17) is 0 Å². The zero-order valence-electron chi connectivity index (χ0n) is 7.40. The molecule has 1 nitrogen and oxygen atoms in total. The van der Waals surface area contributed by atoms with Crippen LogP contribution in [0.3, 0.4) is 0 Å². The summed E-state index contributed by atoms with van der Waals surface area (Å²) in [6, 6.07) is 3.91. The number of hydrogen-bond donors (Lipinski definition) is 1. The number of fused-ring (bicyclic) bond motifs is 1. The Labute approximate surface area is 85.5 Å². The van der Waals surface area contributed by atoms with Gasteiger partial charge in [-0.1, -0.05) is 15.9 Å². The van der Waals surface area contributed by atoms with Crippen LogP contribution in [0.1, 0.15) is 18.9 Å². The van der Waals surface area contributed by atoms with Gasteiger partial charge in [-0.05, 0) is 31.9 Å². The summed E-state index contributed by atoms with van der Waals surface area (Å²) in [6.07, 6.45) is 1.84. The molecular weight excluding hydrogens is 233 g/mol. The van der Waals surface area contributed by atoms with Gasteiger partial charge >= 0.3 is 0 Å². The molecule has 0 amide bonds. The Bertz CT molecular complexity index is 338. The van der Waals surface area contributed by atoms with Crippen LogP contribution >= 0.6 is 15.9 Å². The van der Waals surface area contributed by atoms with Crippen molar-refractivity contribution in [2.75, 3.05) is 5.32 Å². The standard InChI is InChI=1S/C10H11BrFN/c1-6-2-3-8-9(12)4-7(11)5-10(8)13-6/h4-6,13H,2-3H2,1H3. The lowest BCUT2D eigenvalue weighted by Crippen LogP contribution is -2.22. The minimum atomic E-state index is -0.108. The van der Waals surface area contributed by atoms with Crippen LogP contribution in [-0.4, -0.2) is 6.04 Å². The van der Waals surface area contributed by atoms with E-state index in [0.717, 1.165) is 28.6 Å². The van der Waals surface area contributed by atoms with Gasteiger partial charge in [0.2, 0.25) is 0 Å². The van der Waals surface area contributed by atoms with Gasteiger partial charge in [-0.15, -0.1) is 0 Å². The Hall–Kier alpha value is -0.570. The van der Waals surface area contributed by atoms with Crippen LogP contribution in [0.2, 0.25) is 0 Å². The molecule has 0 aliphatic carbocycles. The fourth-order valence-corrected chi connectivity index (χ4v) is 2.11. The highest BCUT2D eigenvalue weighted by Crippen LogP contribution is 2.30. The highest BCUT2D eigenvalue weighted by molar-refractivity contribution is 9.10. The second kappa shape index (κ2) is 3.29. The van der Waals surface area contributed by atoms with Gasteiger partial charge in [-0.2, -0.15) is 0 Å². The van der Waals surface area contributed by atoms with Crippen LogP contribution in [0.5, 0.6) is 0 Å². The summed E-state index contributed by atoms with van der Waals surface area (Å²) in [5.74, 6) is -0.108. The molecule has 70 valence electrons. The molecule has 1 aromatic carbocycles. The lowest BCUT2D eigenvalue weighted by atomic mass is 9.99. The number of hydrogen-bond acceptors (Lipinski definition) is 1. The Balaban J connectivity index is 2.47. The SMILES string of the molecule is CC1CCc2c(F)cc(Br)cc2N1. The summed E-state index contributed by atoms with van der Waals surface area (Å²) in [5.41, 5.74) is 1.76. The normalized spacial score (nSPS) is 20.7. The number of rotatable bonds is 0. The van der Waals surface area contributed by atoms with Crippen LogP contribution in [-0.2, 0) is 6.42 Å². The van der Waals surface area contributed by atoms with Crippen molar-refractivity contribution < 1.29 is 4.39 Å². The summed E-state index contributed by atoms with van der Waals surface area (Å²) >= 11 is 3.28. The van der Waals surface area contributed by atoms with Crippen LogP contribution in [0.15, 0.2) is 16.6 Å². The average Bonchev–Trinajstić information content (AvgIpc) is 2.02. The molecule has 0 saturated heterocycles. The van der Waals surface area contributed by atoms with E-state index >= 15 is 0 Å². The molecule has 1 aliphatic rings. The lowest BCUT2D eigenvalue weighted by Gasteiger charge is -2.24. The molecule has 2 rings (SSSR count). The average molecular weight is 244 g/mol. The van der Waals surface area contributed by atoms with E-state index in [1.54, 1.807) is 0 Å². The molecule has 0 bridgehead atoms. The first kappa shape index (κ1) is 9.00. The topological polar surface area (TPSA) is 12.0 Å². The summed E-state index contributed by atoms with van der Waals surface area (Å²) in [5, 5.41) is 3.27. The molecule has 1 heterocycles. The summed E-state index contributed by atoms with van der Waals surface area (Å²) in [6.45, 7) is 2.11. The quantitative estimate of drug-likeness (QED) is 0.738. The molecule has 1 unspecified atom stereocenters. The fraction of sp³-hybridized carbons (Fsp3) is 0.400. The molecule has 0 fully saturated rings. The first-order valence-corrected chi connectivity index (χ1v) is 5.20. The number of halogens is 2. The van der Waals surface area contributed by atoms with Crippen molar-refractivity contribution in [1.82, 2.24) is 0 Å². The van der Waals surface area contributed by atoms with Gasteiger partial charge in [0.05, 0.1) is 0 Å². The molecule has 13 heavy (non-hydrogen) atoms. The molecule has 1 atom stereocenters. The third kappa shape index (κ3) is 1.70. The highest BCUT2D eigenvalue weighted by atomic mass is 79.9. The van der Waals surface area contributed by atoms with Gasteiger partial charge in [0.1, 0.15) is 5.82 Å². The zero-order chi connectivity index (χ0) is 9.42. The lowest BCUT2D eigenvalue weighted by molar-refractivity contribution is 0.585. The Morgan fingerprint density at radius 3 is 3.08 bits per heavy atom. The summed E-state index contributed by atoms with van der Waals surface area (Å²) in [4.78, 5) is 0. The van der Waals surface area contributed by atoms with E-state index in [2.05, 4.69) is 28.2 Å². The van der Waals surface area contributed by atoms with Gasteiger partial charge in [0.15, 0.2) is 0 Å². The zero-order valence-corrected chi connectivity index (χ0v) is 8.99. The maximum Gasteiger partial charge on any atom is 0.129 e. The molecule has 0 aromatic heterocycles. The van der Waals surface area contributed by atoms with Gasteiger partial charge in [-0.3, -0.25) is 0 Å². The first-order chi connectivity index (χ1) is 6.16. The molecule has 1 aromatic rings. The Morgan fingerprint density at radius 1 is 1.54 bits per heavy atom. The second-order valence-corrected chi connectivity index (χ2v) is 4.41. The predicted molar refractivity (Wildman–Crippen MR) is 55.5 cm³/mol. The van der Waals surface area contributed by atoms with E-state index in [-0.39, 0.29) is 5.82 Å². The maximum absolute atomic E-state index is 13.4. The molecule has 0 radical (unpaired) electrons. The third-order valence-corrected chi connectivity index (χ3v) is 2.85. The second-order valence-electron chi connectivity index (χ2n) is 3.50. The molecule has 3 heteroatoms. The summed E-state index contributed by atoms with van der Waals surface area (Å²) < 4.78 is 14.2. The molecule has 0 spiro atoms. The van der Waals surface area contributed by atoms with Crippen molar-refractivity contribution in [3.63, 3.8) is 0 Å². The number of nitrogens with one attached hydrogen (secondary N) is 1. The molecular formula is C10H11BrFN. The van der Waals surface area contributed by atoms with E-state index in [1.807, 2.05) is 6.07 Å². The van der Waals surface area contributed by atoms with Gasteiger partial charge in [0, 0.05) is 21.8 Å². The van der Waals surface area contributed by atoms with Crippen LogP contribution in [0.4, 0.5) is 10.1 Å². The van der Waals surface area contributed by atoms with Gasteiger partial charge in [-0.25, -0.2) is 4.39 Å². The van der Waals surface area contributed by atoms with Crippen molar-refractivity contribution in [2.45, 2.75) is 25.8 Å². The minimum Gasteiger partial charge on any atom is -0.382 e. The Kier molecular flexibility index (Phi) is 2.28. The van der Waals surface area contributed by atoms with Crippen LogP contribution in [0, 0.1) is 5.82 Å². The first-order valence-electron chi connectivity index (χ1n) is 4.41. The maximum atomic E-state index is 13.4. The van der Waals surface area contributed by atoms with Crippen molar-refractivity contribution in [3.8, 4) is 0 Å². The van der Waals surface area contributed by atoms with Crippen LogP contribution in [0.25, 0.3) is 0 Å². The Morgan fingerprint density at radius 2 is 2.31 bits per heavy atom. The summed E-state index contributed by atoms with van der Waals surface area (Å²) in [7, 11) is 0. The predicted octanol–water partition coefficient (Wildman–Crippen LogP) is 3.33. The van der Waals surface area contributed by atoms with Crippen molar-refractivity contribution >= 4 is 21.6 Å². The monoisotopic (exact) mass is 243 g/mol. The van der Waals surface area contributed by atoms with Gasteiger partial charge < -0.3 is 5.32 Å². The number of benzene rings is 1. The van der Waals surface area contributed by atoms with E-state index in [0.29, 0.717) is 6.04 Å². The van der Waals surface area contributed by atoms with Crippen molar-refractivity contribution in [2.24, 2.45) is 0 Å². The smallest absolute Gasteiger partial charge is 0.129 e. The minimum absolute atomic E-state index is 0.108.